The van der Waals surface area contributed by atoms with E-state index in [-0.39, 0.29) is 17.7 Å². The third-order valence-corrected chi connectivity index (χ3v) is 3.79. The summed E-state index contributed by atoms with van der Waals surface area (Å²) in [5.74, 6) is -0.417. The van der Waals surface area contributed by atoms with E-state index >= 15 is 0 Å². The summed E-state index contributed by atoms with van der Waals surface area (Å²) in [7, 11) is 0. The largest absolute Gasteiger partial charge is 0.419 e. The van der Waals surface area contributed by atoms with E-state index in [4.69, 9.17) is 4.42 Å². The number of carbonyl (C=O) groups is 1. The number of nitrogens with zero attached hydrogens (tertiary/aromatic N) is 3. The van der Waals surface area contributed by atoms with Crippen LogP contribution >= 0.6 is 0 Å². The molecule has 1 atom stereocenters. The average molecular weight is 328 g/mol. The summed E-state index contributed by atoms with van der Waals surface area (Å²) in [5, 5.41) is 7.05. The number of oxazole rings is 1. The van der Waals surface area contributed by atoms with Gasteiger partial charge in [-0.15, -0.1) is 0 Å². The van der Waals surface area contributed by atoms with Crippen molar-refractivity contribution in [1.82, 2.24) is 19.7 Å². The van der Waals surface area contributed by atoms with Crippen LogP contribution in [0.1, 0.15) is 19.8 Å². The zero-order chi connectivity index (χ0) is 16.9. The highest BCUT2D eigenvalue weighted by Crippen LogP contribution is 2.12. The van der Waals surface area contributed by atoms with Crippen molar-refractivity contribution in [2.45, 2.75) is 38.9 Å². The summed E-state index contributed by atoms with van der Waals surface area (Å²) < 4.78 is 8.52. The van der Waals surface area contributed by atoms with E-state index in [0.717, 1.165) is 5.52 Å². The molecule has 24 heavy (non-hydrogen) atoms. The van der Waals surface area contributed by atoms with Crippen LogP contribution in [0.2, 0.25) is 0 Å². The Morgan fingerprint density at radius 3 is 2.96 bits per heavy atom. The third kappa shape index (κ3) is 3.73. The zero-order valence-corrected chi connectivity index (χ0v) is 13.5. The predicted molar refractivity (Wildman–Crippen MR) is 89.5 cm³/mol. The van der Waals surface area contributed by atoms with Gasteiger partial charge in [-0.05, 0) is 31.5 Å². The molecule has 3 aromatic rings. The van der Waals surface area contributed by atoms with Crippen molar-refractivity contribution in [3.63, 3.8) is 0 Å². The van der Waals surface area contributed by atoms with Gasteiger partial charge in [0.1, 0.15) is 0 Å². The fraction of sp³-hybridized carbons (Fsp3) is 0.353. The molecule has 0 aliphatic carbocycles. The van der Waals surface area contributed by atoms with Gasteiger partial charge >= 0.3 is 5.76 Å². The van der Waals surface area contributed by atoms with Gasteiger partial charge in [0.15, 0.2) is 5.58 Å². The number of hydrogen-bond donors (Lipinski definition) is 1. The topological polar surface area (TPSA) is 82.1 Å². The maximum Gasteiger partial charge on any atom is 0.419 e. The highest BCUT2D eigenvalue weighted by atomic mass is 16.4. The lowest BCUT2D eigenvalue weighted by molar-refractivity contribution is -0.121. The monoisotopic (exact) mass is 328 g/mol. The average Bonchev–Trinajstić information content (AvgIpc) is 3.15. The lowest BCUT2D eigenvalue weighted by Crippen LogP contribution is -2.35. The SMILES string of the molecule is C[C@@H](Cn1cccn1)NC(=O)CCCn1c(=O)oc2ccccc21. The summed E-state index contributed by atoms with van der Waals surface area (Å²) >= 11 is 0. The molecule has 126 valence electrons. The molecule has 0 bridgehead atoms. The molecule has 0 saturated carbocycles. The third-order valence-electron chi connectivity index (χ3n) is 3.79. The molecule has 2 aromatic heterocycles. The van der Waals surface area contributed by atoms with Gasteiger partial charge in [0.25, 0.3) is 0 Å². The molecule has 0 spiro atoms. The molecule has 2 heterocycles. The second-order valence-corrected chi connectivity index (χ2v) is 5.79. The molecule has 3 rings (SSSR count). The lowest BCUT2D eigenvalue weighted by atomic mass is 10.2. The number of fused-ring (bicyclic) bond motifs is 1. The van der Waals surface area contributed by atoms with Gasteiger partial charge in [-0.25, -0.2) is 4.79 Å². The van der Waals surface area contributed by atoms with E-state index in [0.29, 0.717) is 31.5 Å². The second kappa shape index (κ2) is 7.16. The van der Waals surface area contributed by atoms with Crippen molar-refractivity contribution in [2.24, 2.45) is 0 Å². The molecule has 1 N–H and O–H groups in total. The molecule has 0 unspecified atom stereocenters. The highest BCUT2D eigenvalue weighted by Gasteiger charge is 2.11. The quantitative estimate of drug-likeness (QED) is 0.717. The molecule has 0 aliphatic heterocycles. The van der Waals surface area contributed by atoms with Crippen LogP contribution in [0, 0.1) is 0 Å². The van der Waals surface area contributed by atoms with Gasteiger partial charge in [-0.2, -0.15) is 5.10 Å². The van der Waals surface area contributed by atoms with E-state index in [1.807, 2.05) is 37.4 Å². The Balaban J connectivity index is 1.49. The Bertz CT molecular complexity index is 863. The van der Waals surface area contributed by atoms with Crippen LogP contribution in [0.5, 0.6) is 0 Å². The molecule has 0 fully saturated rings. The number of amides is 1. The summed E-state index contributed by atoms with van der Waals surface area (Å²) in [6.07, 6.45) is 4.50. The first-order valence-corrected chi connectivity index (χ1v) is 7.98. The van der Waals surface area contributed by atoms with Crippen LogP contribution in [-0.4, -0.2) is 26.3 Å². The second-order valence-electron chi connectivity index (χ2n) is 5.79. The minimum Gasteiger partial charge on any atom is -0.408 e. The molecule has 0 saturated heterocycles. The molecule has 1 aromatic carbocycles. The molecule has 0 radical (unpaired) electrons. The molecule has 0 aliphatic rings. The van der Waals surface area contributed by atoms with Crippen LogP contribution in [-0.2, 0) is 17.9 Å². The van der Waals surface area contributed by atoms with Crippen molar-refractivity contribution < 1.29 is 9.21 Å². The minimum absolute atomic E-state index is 0.00474. The van der Waals surface area contributed by atoms with Crippen molar-refractivity contribution in [3.8, 4) is 0 Å². The standard InChI is InChI=1S/C17H20N4O3/c1-13(12-20-10-5-9-18-20)19-16(22)8-4-11-21-14-6-2-3-7-15(14)24-17(21)23/h2-3,5-7,9-10,13H,4,8,11-12H2,1H3,(H,19,22)/t13-/m0/s1. The molecule has 7 heteroatoms. The number of rotatable bonds is 7. The van der Waals surface area contributed by atoms with Crippen LogP contribution in [0.15, 0.2) is 51.9 Å². The first kappa shape index (κ1) is 16.0. The van der Waals surface area contributed by atoms with E-state index in [9.17, 15) is 9.59 Å². The summed E-state index contributed by atoms with van der Waals surface area (Å²) in [4.78, 5) is 23.9. The van der Waals surface area contributed by atoms with Crippen molar-refractivity contribution in [2.75, 3.05) is 0 Å². The lowest BCUT2D eigenvalue weighted by Gasteiger charge is -2.14. The Kier molecular flexibility index (Phi) is 4.79. The van der Waals surface area contributed by atoms with Gasteiger partial charge in [-0.1, -0.05) is 12.1 Å². The van der Waals surface area contributed by atoms with Crippen molar-refractivity contribution in [1.29, 1.82) is 0 Å². The van der Waals surface area contributed by atoms with Crippen LogP contribution in [0.3, 0.4) is 0 Å². The molecular formula is C17H20N4O3. The van der Waals surface area contributed by atoms with Crippen LogP contribution in [0.25, 0.3) is 11.1 Å². The van der Waals surface area contributed by atoms with Crippen molar-refractivity contribution >= 4 is 17.0 Å². The Morgan fingerprint density at radius 2 is 2.17 bits per heavy atom. The maximum atomic E-state index is 12.0. The van der Waals surface area contributed by atoms with Crippen LogP contribution < -0.4 is 11.1 Å². The summed E-state index contributed by atoms with van der Waals surface area (Å²) in [6, 6.07) is 9.13. The number of aromatic nitrogens is 3. The number of aryl methyl sites for hydroxylation is 1. The smallest absolute Gasteiger partial charge is 0.408 e. The number of nitrogens with one attached hydrogen (secondary N) is 1. The number of para-hydroxylation sites is 2. The number of carbonyl (C=O) groups excluding carboxylic acids is 1. The van der Waals surface area contributed by atoms with E-state index in [1.165, 1.54) is 0 Å². The van der Waals surface area contributed by atoms with Gasteiger partial charge < -0.3 is 9.73 Å². The van der Waals surface area contributed by atoms with Gasteiger partial charge in [0.05, 0.1) is 12.1 Å². The van der Waals surface area contributed by atoms with E-state index < -0.39 is 0 Å². The van der Waals surface area contributed by atoms with Crippen LogP contribution in [0.4, 0.5) is 0 Å². The van der Waals surface area contributed by atoms with Crippen molar-refractivity contribution in [3.05, 3.63) is 53.3 Å². The molecular weight excluding hydrogens is 308 g/mol. The Hall–Kier alpha value is -2.83. The number of benzene rings is 1. The zero-order valence-electron chi connectivity index (χ0n) is 13.5. The van der Waals surface area contributed by atoms with Gasteiger partial charge in [0, 0.05) is 31.4 Å². The van der Waals surface area contributed by atoms with E-state index in [1.54, 1.807) is 21.5 Å². The number of hydrogen-bond acceptors (Lipinski definition) is 4. The maximum absolute atomic E-state index is 12.0. The normalized spacial score (nSPS) is 12.4. The summed E-state index contributed by atoms with van der Waals surface area (Å²) in [6.45, 7) is 3.02. The Labute approximate surface area is 138 Å². The summed E-state index contributed by atoms with van der Waals surface area (Å²) in [5.41, 5.74) is 1.33. The molecule has 7 nitrogen and oxygen atoms in total. The Morgan fingerprint density at radius 1 is 1.33 bits per heavy atom. The highest BCUT2D eigenvalue weighted by molar-refractivity contribution is 5.76. The molecule has 1 amide bonds. The van der Waals surface area contributed by atoms with Gasteiger partial charge in [0.2, 0.25) is 5.91 Å². The van der Waals surface area contributed by atoms with Gasteiger partial charge in [-0.3, -0.25) is 14.0 Å². The fourth-order valence-corrected chi connectivity index (χ4v) is 2.71. The minimum atomic E-state index is -0.386. The first-order valence-electron chi connectivity index (χ1n) is 7.98. The first-order chi connectivity index (χ1) is 11.6. The van der Waals surface area contributed by atoms with E-state index in [2.05, 4.69) is 10.4 Å². The fourth-order valence-electron chi connectivity index (χ4n) is 2.71. The predicted octanol–water partition coefficient (Wildman–Crippen LogP) is 1.78.